The lowest BCUT2D eigenvalue weighted by Gasteiger charge is -2.12. The summed E-state index contributed by atoms with van der Waals surface area (Å²) < 4.78 is 5.07. The molecule has 5 nitrogen and oxygen atoms in total. The largest absolute Gasteiger partial charge is 0.497 e. The lowest BCUT2D eigenvalue weighted by atomic mass is 10.1. The van der Waals surface area contributed by atoms with Gasteiger partial charge in [0.2, 0.25) is 0 Å². The van der Waals surface area contributed by atoms with E-state index in [-0.39, 0.29) is 11.1 Å². The lowest BCUT2D eigenvalue weighted by Crippen LogP contribution is -2.27. The van der Waals surface area contributed by atoms with Gasteiger partial charge in [-0.2, -0.15) is 0 Å². The highest BCUT2D eigenvalue weighted by molar-refractivity contribution is 8.19. The Labute approximate surface area is 142 Å². The van der Waals surface area contributed by atoms with Crippen molar-refractivity contribution in [1.29, 1.82) is 0 Å². The molecule has 1 saturated heterocycles. The second-order valence-electron chi connectivity index (χ2n) is 5.00. The third-order valence-electron chi connectivity index (χ3n) is 3.49. The van der Waals surface area contributed by atoms with Gasteiger partial charge in [0.15, 0.2) is 0 Å². The fourth-order valence-corrected chi connectivity index (χ4v) is 3.09. The molecule has 0 unspecified atom stereocenters. The van der Waals surface area contributed by atoms with E-state index in [1.54, 1.807) is 61.7 Å². The molecule has 1 aliphatic heterocycles. The molecule has 6 heteroatoms. The van der Waals surface area contributed by atoms with E-state index in [9.17, 15) is 14.4 Å². The van der Waals surface area contributed by atoms with Crippen molar-refractivity contribution in [1.82, 2.24) is 0 Å². The van der Waals surface area contributed by atoms with Crippen molar-refractivity contribution in [2.45, 2.75) is 0 Å². The third-order valence-corrected chi connectivity index (χ3v) is 4.36. The van der Waals surface area contributed by atoms with E-state index >= 15 is 0 Å². The first kappa shape index (κ1) is 16.0. The first-order chi connectivity index (χ1) is 11.6. The number of ether oxygens (including phenoxy) is 1. The van der Waals surface area contributed by atoms with Crippen molar-refractivity contribution in [3.05, 3.63) is 64.6 Å². The van der Waals surface area contributed by atoms with Crippen molar-refractivity contribution >= 4 is 41.0 Å². The van der Waals surface area contributed by atoms with Crippen LogP contribution in [0.15, 0.2) is 53.4 Å². The minimum atomic E-state index is -0.366. The zero-order chi connectivity index (χ0) is 17.1. The first-order valence-corrected chi connectivity index (χ1v) is 7.91. The van der Waals surface area contributed by atoms with E-state index in [4.69, 9.17) is 4.74 Å². The molecular weight excluding hydrogens is 326 g/mol. The molecule has 120 valence electrons. The zero-order valence-electron chi connectivity index (χ0n) is 12.8. The van der Waals surface area contributed by atoms with Gasteiger partial charge in [-0.1, -0.05) is 24.3 Å². The summed E-state index contributed by atoms with van der Waals surface area (Å²) in [5, 5.41) is -0.346. The maximum absolute atomic E-state index is 12.5. The lowest BCUT2D eigenvalue weighted by molar-refractivity contribution is -0.113. The standard InChI is InChI=1S/C18H13NO4S/c1-23-15-8-6-14(7-9-15)19-17(21)16(24-18(19)22)10-12-2-4-13(11-20)5-3-12/h2-11H,1H3/b16-10-. The topological polar surface area (TPSA) is 63.7 Å². The normalized spacial score (nSPS) is 15.9. The summed E-state index contributed by atoms with van der Waals surface area (Å²) in [6.07, 6.45) is 2.39. The monoisotopic (exact) mass is 339 g/mol. The summed E-state index contributed by atoms with van der Waals surface area (Å²) in [7, 11) is 1.55. The summed E-state index contributed by atoms with van der Waals surface area (Å²) in [6.45, 7) is 0. The second kappa shape index (κ2) is 6.72. The Balaban J connectivity index is 1.87. The maximum atomic E-state index is 12.5. The van der Waals surface area contributed by atoms with Crippen LogP contribution in [0.1, 0.15) is 15.9 Å². The molecule has 0 atom stereocenters. The van der Waals surface area contributed by atoms with Gasteiger partial charge < -0.3 is 4.74 Å². The summed E-state index contributed by atoms with van der Waals surface area (Å²) in [4.78, 5) is 36.9. The van der Waals surface area contributed by atoms with Gasteiger partial charge in [0.05, 0.1) is 17.7 Å². The fourth-order valence-electron chi connectivity index (χ4n) is 2.24. The van der Waals surface area contributed by atoms with Gasteiger partial charge in [0.1, 0.15) is 12.0 Å². The highest BCUT2D eigenvalue weighted by atomic mass is 32.2. The van der Waals surface area contributed by atoms with Crippen molar-refractivity contribution in [2.24, 2.45) is 0 Å². The van der Waals surface area contributed by atoms with Gasteiger partial charge >= 0.3 is 0 Å². The number of benzene rings is 2. The molecule has 0 radical (unpaired) electrons. The number of hydrogen-bond acceptors (Lipinski definition) is 5. The quantitative estimate of drug-likeness (QED) is 0.627. The predicted molar refractivity (Wildman–Crippen MR) is 93.3 cm³/mol. The number of aldehydes is 1. The summed E-state index contributed by atoms with van der Waals surface area (Å²) in [5.74, 6) is 0.283. The van der Waals surface area contributed by atoms with Crippen LogP contribution >= 0.6 is 11.8 Å². The molecule has 0 bridgehead atoms. The molecule has 1 fully saturated rings. The van der Waals surface area contributed by atoms with Crippen LogP contribution in [-0.2, 0) is 4.79 Å². The highest BCUT2D eigenvalue weighted by Crippen LogP contribution is 2.36. The van der Waals surface area contributed by atoms with Crippen LogP contribution < -0.4 is 9.64 Å². The number of rotatable bonds is 4. The number of anilines is 1. The summed E-state index contributed by atoms with van der Waals surface area (Å²) in [5.41, 5.74) is 1.80. The minimum absolute atomic E-state index is 0.342. The molecule has 0 aromatic heterocycles. The molecule has 0 saturated carbocycles. The Bertz CT molecular complexity index is 825. The van der Waals surface area contributed by atoms with Gasteiger partial charge in [-0.05, 0) is 47.7 Å². The van der Waals surface area contributed by atoms with E-state index in [1.165, 1.54) is 0 Å². The van der Waals surface area contributed by atoms with E-state index in [0.717, 1.165) is 28.5 Å². The van der Waals surface area contributed by atoms with Crippen LogP contribution in [0.2, 0.25) is 0 Å². The molecule has 1 heterocycles. The van der Waals surface area contributed by atoms with Gasteiger partial charge in [0, 0.05) is 5.56 Å². The predicted octanol–water partition coefficient (Wildman–Crippen LogP) is 3.75. The minimum Gasteiger partial charge on any atom is -0.497 e. The number of methoxy groups -OCH3 is 1. The number of carbonyl (C=O) groups is 3. The van der Waals surface area contributed by atoms with Gasteiger partial charge in [-0.3, -0.25) is 14.4 Å². The second-order valence-corrected chi connectivity index (χ2v) is 5.99. The Morgan fingerprint density at radius 1 is 0.958 bits per heavy atom. The van der Waals surface area contributed by atoms with Crippen LogP contribution in [-0.4, -0.2) is 24.5 Å². The van der Waals surface area contributed by atoms with Crippen molar-refractivity contribution in [3.63, 3.8) is 0 Å². The number of hydrogen-bond donors (Lipinski definition) is 0. The van der Waals surface area contributed by atoms with Gasteiger partial charge in [-0.15, -0.1) is 0 Å². The van der Waals surface area contributed by atoms with Gasteiger partial charge in [0.25, 0.3) is 11.1 Å². The van der Waals surface area contributed by atoms with E-state index < -0.39 is 0 Å². The van der Waals surface area contributed by atoms with Crippen LogP contribution in [0, 0.1) is 0 Å². The van der Waals surface area contributed by atoms with E-state index in [0.29, 0.717) is 21.9 Å². The molecule has 0 N–H and O–H groups in total. The number of nitrogens with zero attached hydrogens (tertiary/aromatic N) is 1. The number of amides is 2. The Morgan fingerprint density at radius 2 is 1.58 bits per heavy atom. The van der Waals surface area contributed by atoms with Crippen LogP contribution in [0.3, 0.4) is 0 Å². The molecule has 1 aliphatic rings. The number of thioether (sulfide) groups is 1. The molecule has 2 amide bonds. The van der Waals surface area contributed by atoms with Crippen LogP contribution in [0.5, 0.6) is 5.75 Å². The first-order valence-electron chi connectivity index (χ1n) is 7.09. The average molecular weight is 339 g/mol. The zero-order valence-corrected chi connectivity index (χ0v) is 13.6. The van der Waals surface area contributed by atoms with Gasteiger partial charge in [-0.25, -0.2) is 4.90 Å². The smallest absolute Gasteiger partial charge is 0.298 e. The molecule has 24 heavy (non-hydrogen) atoms. The number of imide groups is 1. The highest BCUT2D eigenvalue weighted by Gasteiger charge is 2.36. The Kier molecular flexibility index (Phi) is 4.48. The SMILES string of the molecule is COc1ccc(N2C(=O)S/C(=C\c3ccc(C=O)cc3)C2=O)cc1. The third kappa shape index (κ3) is 3.09. The molecule has 2 aromatic rings. The molecule has 2 aromatic carbocycles. The van der Waals surface area contributed by atoms with E-state index in [2.05, 4.69) is 0 Å². The molecule has 0 spiro atoms. The van der Waals surface area contributed by atoms with Crippen molar-refractivity contribution < 1.29 is 19.1 Å². The molecule has 3 rings (SSSR count). The van der Waals surface area contributed by atoms with Crippen LogP contribution in [0.25, 0.3) is 6.08 Å². The number of carbonyl (C=O) groups excluding carboxylic acids is 3. The van der Waals surface area contributed by atoms with Crippen molar-refractivity contribution in [3.8, 4) is 5.75 Å². The molecule has 0 aliphatic carbocycles. The summed E-state index contributed by atoms with van der Waals surface area (Å²) >= 11 is 0.889. The van der Waals surface area contributed by atoms with E-state index in [1.807, 2.05) is 0 Å². The Morgan fingerprint density at radius 3 is 2.17 bits per heavy atom. The van der Waals surface area contributed by atoms with Crippen LogP contribution in [0.4, 0.5) is 10.5 Å². The average Bonchev–Trinajstić information content (AvgIpc) is 2.89. The Hall–Kier alpha value is -2.86. The maximum Gasteiger partial charge on any atom is 0.298 e. The van der Waals surface area contributed by atoms with Crippen molar-refractivity contribution in [2.75, 3.05) is 12.0 Å². The molecular formula is C18H13NO4S. The fraction of sp³-hybridized carbons (Fsp3) is 0.0556. The summed E-state index contributed by atoms with van der Waals surface area (Å²) in [6, 6.07) is 13.5.